The second-order valence-corrected chi connectivity index (χ2v) is 4.54. The molecule has 1 saturated heterocycles. The topological polar surface area (TPSA) is 35.2 Å². The number of rotatable bonds is 2. The molecule has 0 bridgehead atoms. The van der Waals surface area contributed by atoms with E-state index in [0.717, 1.165) is 31.1 Å². The van der Waals surface area contributed by atoms with Crippen LogP contribution in [-0.2, 0) is 10.2 Å². The smallest absolute Gasteiger partial charge is 0.0475 e. The molecule has 0 aliphatic carbocycles. The van der Waals surface area contributed by atoms with Crippen molar-refractivity contribution in [3.05, 3.63) is 34.9 Å². The molecule has 1 aliphatic heterocycles. The molecular weight excluding hydrogens is 210 g/mol. The van der Waals surface area contributed by atoms with Crippen molar-refractivity contribution >= 4 is 11.6 Å². The zero-order chi connectivity index (χ0) is 10.7. The van der Waals surface area contributed by atoms with Gasteiger partial charge in [-0.05, 0) is 30.5 Å². The van der Waals surface area contributed by atoms with Crippen molar-refractivity contribution < 1.29 is 4.74 Å². The quantitative estimate of drug-likeness (QED) is 0.839. The van der Waals surface area contributed by atoms with Gasteiger partial charge in [0, 0.05) is 30.2 Å². The highest BCUT2D eigenvalue weighted by molar-refractivity contribution is 6.30. The molecule has 0 spiro atoms. The molecule has 2 rings (SSSR count). The first-order valence-corrected chi connectivity index (χ1v) is 5.68. The highest BCUT2D eigenvalue weighted by Crippen LogP contribution is 2.34. The number of ether oxygens (including phenoxy) is 1. The normalized spacial score (nSPS) is 20.1. The van der Waals surface area contributed by atoms with E-state index in [-0.39, 0.29) is 5.41 Å². The van der Waals surface area contributed by atoms with Gasteiger partial charge < -0.3 is 10.5 Å². The van der Waals surface area contributed by atoms with Gasteiger partial charge in [0.15, 0.2) is 0 Å². The Morgan fingerprint density at radius 3 is 2.67 bits per heavy atom. The average Bonchev–Trinajstić information content (AvgIpc) is 2.30. The Kier molecular flexibility index (Phi) is 3.29. The first-order valence-electron chi connectivity index (χ1n) is 5.31. The fourth-order valence-electron chi connectivity index (χ4n) is 2.19. The molecule has 0 aromatic heterocycles. The van der Waals surface area contributed by atoms with Crippen LogP contribution in [0.4, 0.5) is 0 Å². The molecule has 1 heterocycles. The van der Waals surface area contributed by atoms with Gasteiger partial charge in [-0.1, -0.05) is 23.7 Å². The minimum atomic E-state index is 0.0726. The number of halogens is 1. The minimum Gasteiger partial charge on any atom is -0.381 e. The minimum absolute atomic E-state index is 0.0726. The van der Waals surface area contributed by atoms with Gasteiger partial charge in [-0.2, -0.15) is 0 Å². The van der Waals surface area contributed by atoms with E-state index in [2.05, 4.69) is 6.07 Å². The van der Waals surface area contributed by atoms with E-state index >= 15 is 0 Å². The lowest BCUT2D eigenvalue weighted by Gasteiger charge is -2.36. The van der Waals surface area contributed by atoms with E-state index in [4.69, 9.17) is 22.1 Å². The van der Waals surface area contributed by atoms with Crippen LogP contribution in [0.3, 0.4) is 0 Å². The summed E-state index contributed by atoms with van der Waals surface area (Å²) < 4.78 is 5.39. The summed E-state index contributed by atoms with van der Waals surface area (Å²) >= 11 is 6.01. The molecule has 1 fully saturated rings. The Balaban J connectivity index is 2.32. The van der Waals surface area contributed by atoms with Crippen LogP contribution in [-0.4, -0.2) is 19.8 Å². The highest BCUT2D eigenvalue weighted by Gasteiger charge is 2.32. The van der Waals surface area contributed by atoms with Crippen LogP contribution >= 0.6 is 11.6 Å². The Labute approximate surface area is 95.4 Å². The van der Waals surface area contributed by atoms with Crippen LogP contribution in [0.1, 0.15) is 18.4 Å². The van der Waals surface area contributed by atoms with Crippen molar-refractivity contribution in [2.75, 3.05) is 19.8 Å². The molecule has 0 amide bonds. The van der Waals surface area contributed by atoms with Crippen LogP contribution in [0.15, 0.2) is 24.3 Å². The molecule has 3 heteroatoms. The van der Waals surface area contributed by atoms with E-state index in [1.165, 1.54) is 5.56 Å². The molecule has 2 nitrogen and oxygen atoms in total. The zero-order valence-corrected chi connectivity index (χ0v) is 9.46. The van der Waals surface area contributed by atoms with Crippen LogP contribution in [0.5, 0.6) is 0 Å². The maximum Gasteiger partial charge on any atom is 0.0475 e. The van der Waals surface area contributed by atoms with Gasteiger partial charge in [0.25, 0.3) is 0 Å². The lowest BCUT2D eigenvalue weighted by atomic mass is 9.74. The molecule has 0 atom stereocenters. The molecule has 0 radical (unpaired) electrons. The Morgan fingerprint density at radius 1 is 1.33 bits per heavy atom. The molecule has 1 aromatic carbocycles. The van der Waals surface area contributed by atoms with Gasteiger partial charge in [-0.3, -0.25) is 0 Å². The summed E-state index contributed by atoms with van der Waals surface area (Å²) in [5.41, 5.74) is 7.25. The largest absolute Gasteiger partial charge is 0.381 e. The Bertz CT molecular complexity index is 334. The first kappa shape index (κ1) is 10.9. The fourth-order valence-corrected chi connectivity index (χ4v) is 2.38. The zero-order valence-electron chi connectivity index (χ0n) is 8.71. The maximum absolute atomic E-state index is 6.01. The molecule has 0 unspecified atom stereocenters. The van der Waals surface area contributed by atoms with Gasteiger partial charge in [-0.15, -0.1) is 0 Å². The van der Waals surface area contributed by atoms with Crippen LogP contribution in [0, 0.1) is 0 Å². The first-order chi connectivity index (χ1) is 7.27. The number of benzene rings is 1. The van der Waals surface area contributed by atoms with Gasteiger partial charge in [0.05, 0.1) is 0 Å². The number of hydrogen-bond donors (Lipinski definition) is 1. The molecule has 82 valence electrons. The Morgan fingerprint density at radius 2 is 2.07 bits per heavy atom. The van der Waals surface area contributed by atoms with E-state index in [1.54, 1.807) is 0 Å². The summed E-state index contributed by atoms with van der Waals surface area (Å²) in [6.07, 6.45) is 1.98. The van der Waals surface area contributed by atoms with Crippen molar-refractivity contribution in [3.8, 4) is 0 Å². The van der Waals surface area contributed by atoms with Crippen LogP contribution in [0.2, 0.25) is 5.02 Å². The second-order valence-electron chi connectivity index (χ2n) is 4.11. The predicted molar refractivity (Wildman–Crippen MR) is 62.2 cm³/mol. The third-order valence-corrected chi connectivity index (χ3v) is 3.51. The van der Waals surface area contributed by atoms with Gasteiger partial charge in [0.2, 0.25) is 0 Å². The molecule has 15 heavy (non-hydrogen) atoms. The predicted octanol–water partition coefficient (Wildman–Crippen LogP) is 2.35. The second kappa shape index (κ2) is 4.52. The maximum atomic E-state index is 6.01. The molecular formula is C12H16ClNO. The van der Waals surface area contributed by atoms with Crippen LogP contribution < -0.4 is 5.73 Å². The summed E-state index contributed by atoms with van der Waals surface area (Å²) in [5, 5.41) is 0.784. The molecule has 1 aromatic rings. The van der Waals surface area contributed by atoms with E-state index in [1.807, 2.05) is 18.2 Å². The van der Waals surface area contributed by atoms with Crippen molar-refractivity contribution in [2.45, 2.75) is 18.3 Å². The van der Waals surface area contributed by atoms with Crippen molar-refractivity contribution in [1.29, 1.82) is 0 Å². The summed E-state index contributed by atoms with van der Waals surface area (Å²) in [5.74, 6) is 0. The number of nitrogens with two attached hydrogens (primary N) is 1. The SMILES string of the molecule is NCC1(c2cccc(Cl)c2)CCOCC1. The third kappa shape index (κ3) is 2.17. The van der Waals surface area contributed by atoms with Gasteiger partial charge in [0.1, 0.15) is 0 Å². The molecule has 1 aliphatic rings. The van der Waals surface area contributed by atoms with E-state index in [0.29, 0.717) is 6.54 Å². The summed E-state index contributed by atoms with van der Waals surface area (Å²) in [4.78, 5) is 0. The van der Waals surface area contributed by atoms with Crippen molar-refractivity contribution in [2.24, 2.45) is 5.73 Å². The summed E-state index contributed by atoms with van der Waals surface area (Å²) in [6.45, 7) is 2.25. The third-order valence-electron chi connectivity index (χ3n) is 3.28. The van der Waals surface area contributed by atoms with Crippen molar-refractivity contribution in [3.63, 3.8) is 0 Å². The van der Waals surface area contributed by atoms with Crippen molar-refractivity contribution in [1.82, 2.24) is 0 Å². The monoisotopic (exact) mass is 225 g/mol. The summed E-state index contributed by atoms with van der Waals surface area (Å²) in [6, 6.07) is 8.03. The van der Waals surface area contributed by atoms with E-state index < -0.39 is 0 Å². The number of hydrogen-bond acceptors (Lipinski definition) is 2. The Hall–Kier alpha value is -0.570. The average molecular weight is 226 g/mol. The van der Waals surface area contributed by atoms with Gasteiger partial charge in [-0.25, -0.2) is 0 Å². The fraction of sp³-hybridized carbons (Fsp3) is 0.500. The molecule has 2 N–H and O–H groups in total. The van der Waals surface area contributed by atoms with Gasteiger partial charge >= 0.3 is 0 Å². The highest BCUT2D eigenvalue weighted by atomic mass is 35.5. The van der Waals surface area contributed by atoms with E-state index in [9.17, 15) is 0 Å². The standard InChI is InChI=1S/C12H16ClNO/c13-11-3-1-2-10(8-11)12(9-14)4-6-15-7-5-12/h1-3,8H,4-7,9,14H2. The lowest BCUT2D eigenvalue weighted by Crippen LogP contribution is -2.40. The van der Waals surface area contributed by atoms with Crippen LogP contribution in [0.25, 0.3) is 0 Å². The lowest BCUT2D eigenvalue weighted by molar-refractivity contribution is 0.0529. The molecule has 0 saturated carbocycles. The summed E-state index contributed by atoms with van der Waals surface area (Å²) in [7, 11) is 0.